The number of benzene rings is 3. The van der Waals surface area contributed by atoms with Gasteiger partial charge in [0, 0.05) is 0 Å². The third-order valence-corrected chi connectivity index (χ3v) is 18.6. The number of hydrogen-bond acceptors (Lipinski definition) is 5. The highest BCUT2D eigenvalue weighted by molar-refractivity contribution is 6.99. The molecule has 0 aliphatic rings. The number of aliphatic hydroxyl groups is 1. The quantitative estimate of drug-likeness (QED) is 0.116. The van der Waals surface area contributed by atoms with Crippen molar-refractivity contribution < 1.29 is 23.4 Å². The summed E-state index contributed by atoms with van der Waals surface area (Å²) in [4.78, 5) is 0. The van der Waals surface area contributed by atoms with Crippen LogP contribution in [0.15, 0.2) is 97.1 Å². The van der Waals surface area contributed by atoms with Crippen molar-refractivity contribution in [3.8, 4) is 5.75 Å². The third-order valence-electron chi connectivity index (χ3n) is 8.89. The average molecular weight is 635 g/mol. The number of rotatable bonds is 18. The Morgan fingerprint density at radius 2 is 1.27 bits per heavy atom. The Labute approximate surface area is 268 Å². The lowest BCUT2D eigenvalue weighted by Gasteiger charge is -2.47. The second-order valence-electron chi connectivity index (χ2n) is 12.7. The van der Waals surface area contributed by atoms with Crippen LogP contribution in [0.4, 0.5) is 0 Å². The van der Waals surface area contributed by atoms with Gasteiger partial charge in [0.25, 0.3) is 8.32 Å². The molecule has 0 saturated heterocycles. The number of ether oxygens (including phenoxy) is 2. The molecule has 3 aromatic carbocycles. The van der Waals surface area contributed by atoms with Crippen LogP contribution in [0, 0.1) is 0 Å². The lowest BCUT2D eigenvalue weighted by atomic mass is 10.0. The molecule has 3 rings (SSSR count). The van der Waals surface area contributed by atoms with Gasteiger partial charge >= 0.3 is 0 Å². The van der Waals surface area contributed by atoms with Crippen LogP contribution in [0.2, 0.25) is 23.2 Å². The van der Waals surface area contributed by atoms with Crippen molar-refractivity contribution >= 4 is 27.0 Å². The van der Waals surface area contributed by atoms with E-state index in [9.17, 15) is 5.11 Å². The Balaban J connectivity index is 2.11. The smallest absolute Gasteiger partial charge is 0.261 e. The fourth-order valence-electron chi connectivity index (χ4n) is 6.14. The third kappa shape index (κ3) is 8.80. The van der Waals surface area contributed by atoms with Gasteiger partial charge in [-0.05, 0) is 57.7 Å². The summed E-state index contributed by atoms with van der Waals surface area (Å²) in [5.41, 5.74) is 0.350. The summed E-state index contributed by atoms with van der Waals surface area (Å²) in [5.74, 6) is 0.823. The van der Waals surface area contributed by atoms with E-state index < -0.39 is 22.2 Å². The van der Waals surface area contributed by atoms with E-state index in [4.69, 9.17) is 18.3 Å². The second kappa shape index (κ2) is 16.7. The Hall–Kier alpha value is -2.53. The minimum atomic E-state index is -2.83. The van der Waals surface area contributed by atoms with Crippen molar-refractivity contribution in [1.29, 1.82) is 0 Å². The molecular weight excluding hydrogens is 581 g/mol. The van der Waals surface area contributed by atoms with Crippen molar-refractivity contribution in [2.24, 2.45) is 0 Å². The van der Waals surface area contributed by atoms with Gasteiger partial charge < -0.3 is 23.4 Å². The van der Waals surface area contributed by atoms with E-state index in [1.807, 2.05) is 30.3 Å². The Morgan fingerprint density at radius 3 is 1.73 bits per heavy atom. The van der Waals surface area contributed by atoms with Crippen molar-refractivity contribution in [2.75, 3.05) is 26.9 Å². The molecule has 5 nitrogen and oxygen atoms in total. The molecule has 0 radical (unpaired) electrons. The van der Waals surface area contributed by atoms with Crippen LogP contribution in [-0.2, 0) is 20.2 Å². The molecule has 0 amide bonds. The normalized spacial score (nSPS) is 14.1. The van der Waals surface area contributed by atoms with Crippen LogP contribution in [0.25, 0.3) is 0 Å². The fraction of sp³-hybridized carbons (Fsp3) is 0.459. The van der Waals surface area contributed by atoms with E-state index in [2.05, 4.69) is 102 Å². The Morgan fingerprint density at radius 1 is 0.727 bits per heavy atom. The number of methoxy groups -OCH3 is 1. The maximum Gasteiger partial charge on any atom is 0.261 e. The summed E-state index contributed by atoms with van der Waals surface area (Å²) in [6.07, 6.45) is 4.42. The first-order valence-corrected chi connectivity index (χ1v) is 20.5. The summed E-state index contributed by atoms with van der Waals surface area (Å²) in [5, 5.41) is 12.0. The lowest BCUT2D eigenvalue weighted by Crippen LogP contribution is -2.68. The first-order chi connectivity index (χ1) is 21.1. The zero-order valence-corrected chi connectivity index (χ0v) is 30.0. The maximum absolute atomic E-state index is 9.68. The topological polar surface area (TPSA) is 57.2 Å². The van der Waals surface area contributed by atoms with Crippen LogP contribution >= 0.6 is 0 Å². The van der Waals surface area contributed by atoms with Gasteiger partial charge in [-0.2, -0.15) is 0 Å². The van der Waals surface area contributed by atoms with E-state index in [1.165, 1.54) is 10.4 Å². The molecule has 1 N–H and O–H groups in total. The molecule has 7 heteroatoms. The molecule has 0 aliphatic heterocycles. The predicted octanol–water partition coefficient (Wildman–Crippen LogP) is 7.49. The van der Waals surface area contributed by atoms with Gasteiger partial charge in [0.05, 0.1) is 33.5 Å². The standard InChI is InChI=1S/C37H54O5Si2/c1-8-43(9-2,10-3)42-37(27-17-18-28-38,30-40-29-32-23-25-33(39-7)26-24-32)31-41-44(36(4,5)6,34-19-13-11-14-20-34)35-21-15-12-16-22-35/h11-26,38H,8-10,27-31H2,1-7H3/b18-17+/t37-/m1/s1. The summed E-state index contributed by atoms with van der Waals surface area (Å²) >= 11 is 0. The van der Waals surface area contributed by atoms with E-state index in [-0.39, 0.29) is 11.6 Å². The number of hydrogen-bond donors (Lipinski definition) is 1. The lowest BCUT2D eigenvalue weighted by molar-refractivity contribution is -0.0654. The van der Waals surface area contributed by atoms with Crippen LogP contribution in [-0.4, -0.2) is 54.3 Å². The van der Waals surface area contributed by atoms with E-state index in [0.29, 0.717) is 26.2 Å². The van der Waals surface area contributed by atoms with Gasteiger partial charge in [-0.1, -0.05) is 126 Å². The molecule has 0 fully saturated rings. The average Bonchev–Trinajstić information content (AvgIpc) is 3.05. The molecule has 0 bridgehead atoms. The summed E-state index contributed by atoms with van der Waals surface area (Å²) < 4.78 is 26.8. The highest BCUT2D eigenvalue weighted by Gasteiger charge is 2.52. The van der Waals surface area contributed by atoms with Crippen LogP contribution in [0.3, 0.4) is 0 Å². The largest absolute Gasteiger partial charge is 0.497 e. The monoisotopic (exact) mass is 634 g/mol. The molecule has 240 valence electrons. The highest BCUT2D eigenvalue weighted by atomic mass is 28.4. The maximum atomic E-state index is 9.68. The summed E-state index contributed by atoms with van der Waals surface area (Å²) in [6, 6.07) is 32.5. The molecule has 3 aromatic rings. The zero-order chi connectivity index (χ0) is 32.1. The molecule has 0 saturated carbocycles. The van der Waals surface area contributed by atoms with Crippen molar-refractivity contribution in [3.63, 3.8) is 0 Å². The van der Waals surface area contributed by atoms with E-state index in [0.717, 1.165) is 29.4 Å². The van der Waals surface area contributed by atoms with Crippen LogP contribution < -0.4 is 15.1 Å². The van der Waals surface area contributed by atoms with Gasteiger partial charge in [0.15, 0.2) is 8.32 Å². The van der Waals surface area contributed by atoms with Crippen molar-refractivity contribution in [1.82, 2.24) is 0 Å². The van der Waals surface area contributed by atoms with E-state index >= 15 is 0 Å². The summed E-state index contributed by atoms with van der Waals surface area (Å²) in [6.45, 7) is 14.9. The first-order valence-electron chi connectivity index (χ1n) is 16.0. The molecular formula is C37H54O5Si2. The summed E-state index contributed by atoms with van der Waals surface area (Å²) in [7, 11) is -3.27. The van der Waals surface area contributed by atoms with Gasteiger partial charge in [-0.3, -0.25) is 0 Å². The first kappa shape index (κ1) is 35.9. The zero-order valence-electron chi connectivity index (χ0n) is 28.0. The molecule has 1 atom stereocenters. The van der Waals surface area contributed by atoms with Crippen LogP contribution in [0.1, 0.15) is 53.5 Å². The highest BCUT2D eigenvalue weighted by Crippen LogP contribution is 2.39. The Bertz CT molecular complexity index is 1210. The predicted molar refractivity (Wildman–Crippen MR) is 188 cm³/mol. The molecule has 0 aliphatic carbocycles. The van der Waals surface area contributed by atoms with Crippen LogP contribution in [0.5, 0.6) is 5.75 Å². The van der Waals surface area contributed by atoms with Gasteiger partial charge in [0.1, 0.15) is 11.4 Å². The molecule has 0 heterocycles. The fourth-order valence-corrected chi connectivity index (χ4v) is 13.8. The van der Waals surface area contributed by atoms with Crippen molar-refractivity contribution in [3.05, 3.63) is 103 Å². The minimum Gasteiger partial charge on any atom is -0.497 e. The SMILES string of the molecule is CC[Si](CC)(CC)O[C@](C/C=C/CO)(COCc1ccc(OC)cc1)CO[Si](c1ccccc1)(c1ccccc1)C(C)(C)C. The van der Waals surface area contributed by atoms with E-state index in [1.54, 1.807) is 13.2 Å². The van der Waals surface area contributed by atoms with Gasteiger partial charge in [-0.15, -0.1) is 0 Å². The molecule has 44 heavy (non-hydrogen) atoms. The molecule has 0 unspecified atom stereocenters. The second-order valence-corrected chi connectivity index (χ2v) is 21.7. The molecule has 0 spiro atoms. The number of aliphatic hydroxyl groups excluding tert-OH is 1. The molecule has 0 aromatic heterocycles. The van der Waals surface area contributed by atoms with Gasteiger partial charge in [0.2, 0.25) is 0 Å². The van der Waals surface area contributed by atoms with Crippen molar-refractivity contribution in [2.45, 2.75) is 83.3 Å². The van der Waals surface area contributed by atoms with Gasteiger partial charge in [-0.25, -0.2) is 0 Å². The Kier molecular flexibility index (Phi) is 13.6. The minimum absolute atomic E-state index is 0.0176.